The highest BCUT2D eigenvalue weighted by atomic mass is 32.1. The Hall–Kier alpha value is -7.92. The molecular formula is C60H38N2OS. The molecule has 0 spiro atoms. The van der Waals surface area contributed by atoms with E-state index < -0.39 is 0 Å². The van der Waals surface area contributed by atoms with E-state index in [0.717, 1.165) is 56.5 Å². The summed E-state index contributed by atoms with van der Waals surface area (Å²) in [4.78, 5) is 3.77. The molecule has 9 aromatic carbocycles. The second kappa shape index (κ2) is 13.8. The van der Waals surface area contributed by atoms with Gasteiger partial charge in [-0.2, -0.15) is 0 Å². The molecule has 0 radical (unpaired) electrons. The van der Waals surface area contributed by atoms with E-state index in [0.29, 0.717) is 5.92 Å². The van der Waals surface area contributed by atoms with Crippen LogP contribution in [0.25, 0.3) is 98.4 Å². The zero-order valence-corrected chi connectivity index (χ0v) is 35.5. The van der Waals surface area contributed by atoms with Gasteiger partial charge in [0.2, 0.25) is 0 Å². The normalized spacial score (nSPS) is 14.0. The third-order valence-corrected chi connectivity index (χ3v) is 14.9. The number of allylic oxidation sites excluding steroid dienone is 1. The molecule has 3 nitrogen and oxygen atoms in total. The van der Waals surface area contributed by atoms with Gasteiger partial charge in [-0.05, 0) is 112 Å². The number of hydrogen-bond donors (Lipinski definition) is 0. The average molecular weight is 835 g/mol. The minimum atomic E-state index is 0.328. The van der Waals surface area contributed by atoms with Gasteiger partial charge < -0.3 is 13.7 Å². The standard InChI is InChI=1S/C60H38N2OS/c1-4-16-54-46(9-1)49-13-8-14-50-52-35-40(25-33-55(52)62(54)59(49)50)37-19-27-42(28-20-37)61(43-29-21-38(22-30-43)41-26-34-58-53(36-41)48-11-3-6-18-57(48)64-58)44-31-23-39(24-32-44)45-12-7-15-51-47-10-2-5-17-56(47)63-60(45)51/h1-35,41H,36H2. The molecule has 4 heterocycles. The van der Waals surface area contributed by atoms with Gasteiger partial charge in [0.05, 0.1) is 16.6 Å². The van der Waals surface area contributed by atoms with E-state index in [4.69, 9.17) is 4.42 Å². The third-order valence-electron chi connectivity index (χ3n) is 13.7. The number of aromatic nitrogens is 1. The molecule has 0 N–H and O–H groups in total. The number of hydrogen-bond acceptors (Lipinski definition) is 3. The highest BCUT2D eigenvalue weighted by molar-refractivity contribution is 7.20. The van der Waals surface area contributed by atoms with Crippen molar-refractivity contribution in [1.29, 1.82) is 0 Å². The molecule has 64 heavy (non-hydrogen) atoms. The minimum absolute atomic E-state index is 0.328. The highest BCUT2D eigenvalue weighted by Gasteiger charge is 2.22. The van der Waals surface area contributed by atoms with Crippen molar-refractivity contribution < 1.29 is 4.42 Å². The van der Waals surface area contributed by atoms with Crippen LogP contribution >= 0.6 is 11.3 Å². The van der Waals surface area contributed by atoms with Crippen LogP contribution < -0.4 is 4.90 Å². The van der Waals surface area contributed by atoms with Crippen LogP contribution in [0.5, 0.6) is 0 Å². The number of thiophene rings is 1. The molecule has 14 rings (SSSR count). The lowest BCUT2D eigenvalue weighted by molar-refractivity contribution is 0.670. The minimum Gasteiger partial charge on any atom is -0.455 e. The Kier molecular flexibility index (Phi) is 7.68. The molecular weight excluding hydrogens is 797 g/mol. The zero-order valence-electron chi connectivity index (χ0n) is 34.7. The van der Waals surface area contributed by atoms with Crippen LogP contribution in [0.4, 0.5) is 17.1 Å². The fourth-order valence-corrected chi connectivity index (χ4v) is 11.8. The Morgan fingerprint density at radius 1 is 0.484 bits per heavy atom. The van der Waals surface area contributed by atoms with Crippen LogP contribution in [0.3, 0.4) is 0 Å². The van der Waals surface area contributed by atoms with Crippen LogP contribution in [0.1, 0.15) is 21.9 Å². The van der Waals surface area contributed by atoms with E-state index in [1.54, 1.807) is 0 Å². The zero-order chi connectivity index (χ0) is 41.9. The molecule has 0 saturated heterocycles. The molecule has 13 aromatic rings. The molecule has 0 aliphatic heterocycles. The summed E-state index contributed by atoms with van der Waals surface area (Å²) < 4.78 is 10.3. The Balaban J connectivity index is 0.841. The first-order chi connectivity index (χ1) is 31.7. The maximum absolute atomic E-state index is 6.45. The Labute approximate surface area is 373 Å². The summed E-state index contributed by atoms with van der Waals surface area (Å²) in [6.45, 7) is 0. The van der Waals surface area contributed by atoms with Crippen molar-refractivity contribution in [1.82, 2.24) is 4.40 Å². The number of rotatable bonds is 6. The lowest BCUT2D eigenvalue weighted by Crippen LogP contribution is -2.10. The summed E-state index contributed by atoms with van der Waals surface area (Å²) in [6, 6.07) is 73.3. The molecule has 0 bridgehead atoms. The first-order valence-corrected chi connectivity index (χ1v) is 22.9. The third kappa shape index (κ3) is 5.33. The van der Waals surface area contributed by atoms with Crippen LogP contribution in [-0.4, -0.2) is 4.40 Å². The quantitative estimate of drug-likeness (QED) is 0.166. The summed E-state index contributed by atoms with van der Waals surface area (Å²) in [5.74, 6) is 0.328. The van der Waals surface area contributed by atoms with Gasteiger partial charge in [0.15, 0.2) is 0 Å². The van der Waals surface area contributed by atoms with Crippen LogP contribution in [0, 0.1) is 0 Å². The Morgan fingerprint density at radius 3 is 1.91 bits per heavy atom. The first kappa shape index (κ1) is 35.7. The van der Waals surface area contributed by atoms with Crippen LogP contribution in [0.2, 0.25) is 0 Å². The van der Waals surface area contributed by atoms with E-state index in [1.165, 1.54) is 75.3 Å². The van der Waals surface area contributed by atoms with Gasteiger partial charge in [-0.15, -0.1) is 11.3 Å². The van der Waals surface area contributed by atoms with Crippen molar-refractivity contribution in [3.8, 4) is 22.3 Å². The molecule has 0 saturated carbocycles. The van der Waals surface area contributed by atoms with Crippen molar-refractivity contribution in [2.45, 2.75) is 12.3 Å². The van der Waals surface area contributed by atoms with Crippen molar-refractivity contribution in [2.75, 3.05) is 4.90 Å². The average Bonchev–Trinajstić information content (AvgIpc) is 4.12. The van der Waals surface area contributed by atoms with Gasteiger partial charge >= 0.3 is 0 Å². The lowest BCUT2D eigenvalue weighted by atomic mass is 9.87. The summed E-state index contributed by atoms with van der Waals surface area (Å²) in [7, 11) is 0. The summed E-state index contributed by atoms with van der Waals surface area (Å²) in [5.41, 5.74) is 16.4. The predicted molar refractivity (Wildman–Crippen MR) is 271 cm³/mol. The van der Waals surface area contributed by atoms with E-state index in [-0.39, 0.29) is 0 Å². The fraction of sp³-hybridized carbons (Fsp3) is 0.0333. The molecule has 300 valence electrons. The van der Waals surface area contributed by atoms with Crippen molar-refractivity contribution in [3.05, 3.63) is 222 Å². The van der Waals surface area contributed by atoms with Gasteiger partial charge in [-0.1, -0.05) is 140 Å². The monoisotopic (exact) mass is 834 g/mol. The fourth-order valence-electron chi connectivity index (χ4n) is 10.7. The first-order valence-electron chi connectivity index (χ1n) is 22.1. The van der Waals surface area contributed by atoms with Crippen molar-refractivity contribution in [2.24, 2.45) is 0 Å². The smallest absolute Gasteiger partial charge is 0.143 e. The van der Waals surface area contributed by atoms with E-state index >= 15 is 0 Å². The van der Waals surface area contributed by atoms with Gasteiger partial charge in [0.1, 0.15) is 11.2 Å². The van der Waals surface area contributed by atoms with E-state index in [2.05, 4.69) is 210 Å². The number of furan rings is 1. The maximum atomic E-state index is 6.45. The largest absolute Gasteiger partial charge is 0.455 e. The number of anilines is 3. The molecule has 1 unspecified atom stereocenters. The number of fused-ring (bicyclic) bond motifs is 12. The molecule has 0 amide bonds. The van der Waals surface area contributed by atoms with Gasteiger partial charge in [-0.3, -0.25) is 0 Å². The van der Waals surface area contributed by atoms with Gasteiger partial charge in [0, 0.05) is 70.4 Å². The van der Waals surface area contributed by atoms with Gasteiger partial charge in [0.25, 0.3) is 0 Å². The second-order valence-electron chi connectivity index (χ2n) is 17.2. The molecule has 1 aliphatic rings. The lowest BCUT2D eigenvalue weighted by Gasteiger charge is -2.27. The summed E-state index contributed by atoms with van der Waals surface area (Å²) >= 11 is 1.90. The topological polar surface area (TPSA) is 20.8 Å². The molecule has 4 aromatic heterocycles. The van der Waals surface area contributed by atoms with Crippen LogP contribution in [-0.2, 0) is 6.42 Å². The summed E-state index contributed by atoms with van der Waals surface area (Å²) in [5, 5.41) is 8.86. The van der Waals surface area contributed by atoms with Crippen molar-refractivity contribution in [3.63, 3.8) is 0 Å². The van der Waals surface area contributed by atoms with E-state index in [9.17, 15) is 0 Å². The molecule has 0 fully saturated rings. The summed E-state index contributed by atoms with van der Waals surface area (Å²) in [6.07, 6.45) is 5.74. The van der Waals surface area contributed by atoms with E-state index in [1.807, 2.05) is 23.5 Å². The Bertz CT molecular complexity index is 3980. The SMILES string of the molecule is C1=CC(c2ccc(N(c3ccc(-c4ccc5c(c4)c4cccc6c7ccccc7n5c64)cc3)c3ccc(-c4cccc5c4oc4ccccc45)cc3)cc2)Cc2c1sc1ccccc21. The Morgan fingerprint density at radius 2 is 1.09 bits per heavy atom. The van der Waals surface area contributed by atoms with Crippen LogP contribution in [0.15, 0.2) is 211 Å². The van der Waals surface area contributed by atoms with Crippen molar-refractivity contribution >= 4 is 105 Å². The second-order valence-corrected chi connectivity index (χ2v) is 18.3. The maximum Gasteiger partial charge on any atom is 0.143 e. The number of para-hydroxylation sites is 4. The molecule has 1 aliphatic carbocycles. The highest BCUT2D eigenvalue weighted by Crippen LogP contribution is 2.44. The predicted octanol–water partition coefficient (Wildman–Crippen LogP) is 17.1. The number of nitrogens with zero attached hydrogens (tertiary/aromatic N) is 2. The van der Waals surface area contributed by atoms with Gasteiger partial charge in [-0.25, -0.2) is 0 Å². The molecule has 1 atom stereocenters. The number of benzene rings is 9. The molecule has 4 heteroatoms.